The lowest BCUT2D eigenvalue weighted by Gasteiger charge is -2.14. The molecule has 0 aliphatic heterocycles. The molecule has 1 saturated carbocycles. The number of fused-ring (bicyclic) bond motifs is 1. The fourth-order valence-electron chi connectivity index (χ4n) is 2.69. The molecule has 6 heteroatoms. The second kappa shape index (κ2) is 5.20. The van der Waals surface area contributed by atoms with Gasteiger partial charge in [-0.3, -0.25) is 9.59 Å². The van der Waals surface area contributed by atoms with E-state index in [9.17, 15) is 9.59 Å². The zero-order valence-electron chi connectivity index (χ0n) is 10.7. The summed E-state index contributed by atoms with van der Waals surface area (Å²) in [6.07, 6.45) is 2.00. The topological polar surface area (TPSA) is 79.3 Å². The van der Waals surface area contributed by atoms with Crippen molar-refractivity contribution >= 4 is 38.6 Å². The summed E-state index contributed by atoms with van der Waals surface area (Å²) in [4.78, 5) is 27.6. The standard InChI is InChI=1S/C14H14N2O3S/c17-12(8-4-3-5-9(8)13(18)19)16-14-15-10-6-1-2-7-11(10)20-14/h1-2,6-9H,3-5H2,(H,18,19)(H,15,16,17). The maximum absolute atomic E-state index is 12.2. The van der Waals surface area contributed by atoms with Gasteiger partial charge in [-0.15, -0.1) is 0 Å². The average molecular weight is 290 g/mol. The van der Waals surface area contributed by atoms with Crippen molar-refractivity contribution in [3.63, 3.8) is 0 Å². The van der Waals surface area contributed by atoms with Crippen molar-refractivity contribution in [2.24, 2.45) is 11.8 Å². The summed E-state index contributed by atoms with van der Waals surface area (Å²) in [5, 5.41) is 12.4. The van der Waals surface area contributed by atoms with Crippen LogP contribution in [0, 0.1) is 11.8 Å². The van der Waals surface area contributed by atoms with Crippen LogP contribution in [-0.4, -0.2) is 22.0 Å². The van der Waals surface area contributed by atoms with Crippen molar-refractivity contribution in [3.05, 3.63) is 24.3 Å². The number of hydrogen-bond donors (Lipinski definition) is 2. The first-order chi connectivity index (χ1) is 9.65. The van der Waals surface area contributed by atoms with Crippen LogP contribution < -0.4 is 5.32 Å². The van der Waals surface area contributed by atoms with E-state index in [4.69, 9.17) is 5.11 Å². The van der Waals surface area contributed by atoms with E-state index in [1.54, 1.807) is 0 Å². The van der Waals surface area contributed by atoms with Crippen LogP contribution in [0.5, 0.6) is 0 Å². The Balaban J connectivity index is 1.76. The van der Waals surface area contributed by atoms with E-state index < -0.39 is 17.8 Å². The van der Waals surface area contributed by atoms with Crippen molar-refractivity contribution < 1.29 is 14.7 Å². The third kappa shape index (κ3) is 2.38. The Morgan fingerprint density at radius 2 is 2.00 bits per heavy atom. The van der Waals surface area contributed by atoms with Gasteiger partial charge >= 0.3 is 5.97 Å². The van der Waals surface area contributed by atoms with Gasteiger partial charge in [0.25, 0.3) is 0 Å². The van der Waals surface area contributed by atoms with Crippen LogP contribution in [0.1, 0.15) is 19.3 Å². The molecule has 1 heterocycles. The summed E-state index contributed by atoms with van der Waals surface area (Å²) in [5.41, 5.74) is 0.842. The third-order valence-electron chi connectivity index (χ3n) is 3.69. The van der Waals surface area contributed by atoms with Gasteiger partial charge in [0.05, 0.1) is 22.1 Å². The van der Waals surface area contributed by atoms with Crippen molar-refractivity contribution in [2.75, 3.05) is 5.32 Å². The third-order valence-corrected chi connectivity index (χ3v) is 4.65. The van der Waals surface area contributed by atoms with Crippen molar-refractivity contribution in [3.8, 4) is 0 Å². The second-order valence-electron chi connectivity index (χ2n) is 4.96. The summed E-state index contributed by atoms with van der Waals surface area (Å²) in [6.45, 7) is 0. The molecule has 0 bridgehead atoms. The smallest absolute Gasteiger partial charge is 0.307 e. The van der Waals surface area contributed by atoms with Crippen molar-refractivity contribution in [2.45, 2.75) is 19.3 Å². The first kappa shape index (κ1) is 13.1. The summed E-state index contributed by atoms with van der Waals surface area (Å²) in [6, 6.07) is 7.64. The summed E-state index contributed by atoms with van der Waals surface area (Å²) in [7, 11) is 0. The molecule has 1 fully saturated rings. The molecular formula is C14H14N2O3S. The Hall–Kier alpha value is -1.95. The molecule has 2 N–H and O–H groups in total. The molecule has 104 valence electrons. The predicted octanol–water partition coefficient (Wildman–Crippen LogP) is 2.74. The monoisotopic (exact) mass is 290 g/mol. The summed E-state index contributed by atoms with van der Waals surface area (Å²) >= 11 is 1.40. The van der Waals surface area contributed by atoms with Crippen LogP contribution in [0.15, 0.2) is 24.3 Å². The van der Waals surface area contributed by atoms with Gasteiger partial charge in [-0.25, -0.2) is 4.98 Å². The number of nitrogens with one attached hydrogen (secondary N) is 1. The molecule has 2 atom stereocenters. The lowest BCUT2D eigenvalue weighted by atomic mass is 9.95. The molecule has 1 aliphatic carbocycles. The fourth-order valence-corrected chi connectivity index (χ4v) is 3.56. The zero-order valence-corrected chi connectivity index (χ0v) is 11.5. The highest BCUT2D eigenvalue weighted by Gasteiger charge is 2.37. The summed E-state index contributed by atoms with van der Waals surface area (Å²) in [5.74, 6) is -2.12. The van der Waals surface area contributed by atoms with Crippen LogP contribution in [0.25, 0.3) is 10.2 Å². The average Bonchev–Trinajstić information content (AvgIpc) is 3.04. The predicted molar refractivity (Wildman–Crippen MR) is 76.7 cm³/mol. The quantitative estimate of drug-likeness (QED) is 0.911. The number of carboxylic acids is 1. The number of rotatable bonds is 3. The minimum Gasteiger partial charge on any atom is -0.481 e. The molecule has 20 heavy (non-hydrogen) atoms. The van der Waals surface area contributed by atoms with Gasteiger partial charge in [-0.2, -0.15) is 0 Å². The largest absolute Gasteiger partial charge is 0.481 e. The molecule has 1 aliphatic rings. The molecule has 5 nitrogen and oxygen atoms in total. The molecule has 3 rings (SSSR count). The molecule has 0 radical (unpaired) electrons. The molecular weight excluding hydrogens is 276 g/mol. The number of aliphatic carboxylic acids is 1. The van der Waals surface area contributed by atoms with Gasteiger partial charge in [0, 0.05) is 0 Å². The molecule has 1 aromatic heterocycles. The van der Waals surface area contributed by atoms with E-state index in [-0.39, 0.29) is 5.91 Å². The van der Waals surface area contributed by atoms with Crippen LogP contribution in [0.4, 0.5) is 5.13 Å². The minimum absolute atomic E-state index is 0.228. The van der Waals surface area contributed by atoms with Crippen LogP contribution >= 0.6 is 11.3 Å². The number of carboxylic acid groups (broad SMARTS) is 1. The number of hydrogen-bond acceptors (Lipinski definition) is 4. The SMILES string of the molecule is O=C(O)C1CCCC1C(=O)Nc1nc2ccccc2s1. The molecule has 2 aromatic rings. The number of amides is 1. The lowest BCUT2D eigenvalue weighted by molar-refractivity contribution is -0.145. The number of thiazole rings is 1. The number of para-hydroxylation sites is 1. The number of benzene rings is 1. The van der Waals surface area contributed by atoms with E-state index >= 15 is 0 Å². The Morgan fingerprint density at radius 3 is 2.75 bits per heavy atom. The maximum atomic E-state index is 12.2. The molecule has 1 aromatic carbocycles. The van der Waals surface area contributed by atoms with Gasteiger partial charge in [0.1, 0.15) is 0 Å². The molecule has 0 spiro atoms. The number of anilines is 1. The normalized spacial score (nSPS) is 22.0. The van der Waals surface area contributed by atoms with Gasteiger partial charge in [0.2, 0.25) is 5.91 Å². The van der Waals surface area contributed by atoms with Gasteiger partial charge in [0.15, 0.2) is 5.13 Å². The Bertz CT molecular complexity index is 634. The number of nitrogens with zero attached hydrogens (tertiary/aromatic N) is 1. The maximum Gasteiger partial charge on any atom is 0.307 e. The Kier molecular flexibility index (Phi) is 3.40. The fraction of sp³-hybridized carbons (Fsp3) is 0.357. The molecule has 2 unspecified atom stereocenters. The Morgan fingerprint density at radius 1 is 1.25 bits per heavy atom. The van der Waals surface area contributed by atoms with Crippen LogP contribution in [0.3, 0.4) is 0 Å². The van der Waals surface area contributed by atoms with E-state index in [0.29, 0.717) is 18.0 Å². The van der Waals surface area contributed by atoms with E-state index in [2.05, 4.69) is 10.3 Å². The number of aromatic nitrogens is 1. The van der Waals surface area contributed by atoms with Gasteiger partial charge in [-0.1, -0.05) is 29.9 Å². The highest BCUT2D eigenvalue weighted by Crippen LogP contribution is 2.33. The highest BCUT2D eigenvalue weighted by molar-refractivity contribution is 7.22. The van der Waals surface area contributed by atoms with Crippen molar-refractivity contribution in [1.29, 1.82) is 0 Å². The number of carbonyl (C=O) groups excluding carboxylic acids is 1. The Labute approximate surface area is 119 Å². The minimum atomic E-state index is -0.882. The summed E-state index contributed by atoms with van der Waals surface area (Å²) < 4.78 is 1.00. The molecule has 0 saturated heterocycles. The first-order valence-electron chi connectivity index (χ1n) is 6.54. The van der Waals surface area contributed by atoms with E-state index in [1.807, 2.05) is 24.3 Å². The van der Waals surface area contributed by atoms with Gasteiger partial charge < -0.3 is 10.4 Å². The van der Waals surface area contributed by atoms with Gasteiger partial charge in [-0.05, 0) is 25.0 Å². The van der Waals surface area contributed by atoms with Crippen LogP contribution in [0.2, 0.25) is 0 Å². The first-order valence-corrected chi connectivity index (χ1v) is 7.36. The van der Waals surface area contributed by atoms with E-state index in [1.165, 1.54) is 11.3 Å². The van der Waals surface area contributed by atoms with Crippen molar-refractivity contribution in [1.82, 2.24) is 4.98 Å². The van der Waals surface area contributed by atoms with E-state index in [0.717, 1.165) is 16.6 Å². The van der Waals surface area contributed by atoms with Crippen LogP contribution in [-0.2, 0) is 9.59 Å². The number of carbonyl (C=O) groups is 2. The second-order valence-corrected chi connectivity index (χ2v) is 5.99. The zero-order chi connectivity index (χ0) is 14.1. The highest BCUT2D eigenvalue weighted by atomic mass is 32.1. The molecule has 1 amide bonds. The lowest BCUT2D eigenvalue weighted by Crippen LogP contribution is -2.29.